The van der Waals surface area contributed by atoms with E-state index in [9.17, 15) is 0 Å². The summed E-state index contributed by atoms with van der Waals surface area (Å²) in [4.78, 5) is 0. The minimum Gasteiger partial charge on any atom is -0.327 e. The maximum absolute atomic E-state index is 5.85. The Labute approximate surface area is 57.6 Å². The highest BCUT2D eigenvalue weighted by atomic mass is 14.7. The molecule has 1 aliphatic rings. The zero-order chi connectivity index (χ0) is 6.85. The maximum atomic E-state index is 5.85. The summed E-state index contributed by atoms with van der Waals surface area (Å²) < 4.78 is 0. The monoisotopic (exact) mass is 126 g/mol. The van der Waals surface area contributed by atoms with Gasteiger partial charge in [-0.15, -0.1) is 0 Å². The fraction of sp³-hybridized carbons (Fsp3) is 0.875. The molecule has 53 valence electrons. The Bertz CT molecular complexity index is 80.6. The summed E-state index contributed by atoms with van der Waals surface area (Å²) in [5.74, 6) is 1.42. The van der Waals surface area contributed by atoms with Crippen molar-refractivity contribution in [3.05, 3.63) is 6.42 Å². The molecule has 1 heteroatoms. The van der Waals surface area contributed by atoms with Gasteiger partial charge in [-0.05, 0) is 31.1 Å². The lowest BCUT2D eigenvalue weighted by Crippen LogP contribution is -2.35. The Morgan fingerprint density at radius 2 is 2.11 bits per heavy atom. The van der Waals surface area contributed by atoms with Crippen LogP contribution in [0.4, 0.5) is 0 Å². The number of rotatable bonds is 0. The van der Waals surface area contributed by atoms with E-state index in [1.54, 1.807) is 0 Å². The first-order valence-electron chi connectivity index (χ1n) is 3.80. The normalized spacial score (nSPS) is 45.0. The van der Waals surface area contributed by atoms with Gasteiger partial charge < -0.3 is 5.73 Å². The smallest absolute Gasteiger partial charge is 0.00672 e. The first-order valence-corrected chi connectivity index (χ1v) is 3.80. The van der Waals surface area contributed by atoms with Gasteiger partial charge in [0.1, 0.15) is 0 Å². The van der Waals surface area contributed by atoms with E-state index in [0.717, 1.165) is 5.92 Å². The van der Waals surface area contributed by atoms with E-state index in [1.165, 1.54) is 12.8 Å². The molecule has 0 aromatic heterocycles. The van der Waals surface area contributed by atoms with Gasteiger partial charge in [0.2, 0.25) is 0 Å². The van der Waals surface area contributed by atoms with Crippen molar-refractivity contribution in [2.45, 2.75) is 32.7 Å². The molecule has 1 rings (SSSR count). The zero-order valence-electron chi connectivity index (χ0n) is 6.30. The van der Waals surface area contributed by atoms with E-state index in [-0.39, 0.29) is 0 Å². The molecular formula is C8H16N. The second-order valence-corrected chi connectivity index (χ2v) is 3.20. The first-order chi connectivity index (χ1) is 4.22. The summed E-state index contributed by atoms with van der Waals surface area (Å²) >= 11 is 0. The van der Waals surface area contributed by atoms with Crippen molar-refractivity contribution in [2.24, 2.45) is 17.6 Å². The molecule has 1 radical (unpaired) electrons. The van der Waals surface area contributed by atoms with Gasteiger partial charge in [-0.3, -0.25) is 0 Å². The van der Waals surface area contributed by atoms with Gasteiger partial charge in [0.05, 0.1) is 0 Å². The summed E-state index contributed by atoms with van der Waals surface area (Å²) in [5.41, 5.74) is 5.85. The Morgan fingerprint density at radius 1 is 1.44 bits per heavy atom. The van der Waals surface area contributed by atoms with Crippen LogP contribution in [-0.4, -0.2) is 6.04 Å². The van der Waals surface area contributed by atoms with Crippen LogP contribution in [0.3, 0.4) is 0 Å². The molecule has 0 bridgehead atoms. The average Bonchev–Trinajstić information content (AvgIpc) is 1.83. The zero-order valence-corrected chi connectivity index (χ0v) is 6.30. The van der Waals surface area contributed by atoms with Crippen LogP contribution in [0.2, 0.25) is 0 Å². The van der Waals surface area contributed by atoms with E-state index in [1.807, 2.05) is 0 Å². The van der Waals surface area contributed by atoms with Crippen LogP contribution in [-0.2, 0) is 0 Å². The highest BCUT2D eigenvalue weighted by molar-refractivity contribution is 4.89. The van der Waals surface area contributed by atoms with Crippen LogP contribution < -0.4 is 5.73 Å². The third-order valence-corrected chi connectivity index (χ3v) is 2.54. The average molecular weight is 126 g/mol. The van der Waals surface area contributed by atoms with E-state index < -0.39 is 0 Å². The third-order valence-electron chi connectivity index (χ3n) is 2.54. The summed E-state index contributed by atoms with van der Waals surface area (Å²) in [5, 5.41) is 0. The van der Waals surface area contributed by atoms with Gasteiger partial charge in [0.25, 0.3) is 0 Å². The van der Waals surface area contributed by atoms with E-state index in [4.69, 9.17) is 5.73 Å². The fourth-order valence-electron chi connectivity index (χ4n) is 1.42. The molecule has 0 spiro atoms. The lowest BCUT2D eigenvalue weighted by molar-refractivity contribution is 0.297. The van der Waals surface area contributed by atoms with Crippen LogP contribution in [0.15, 0.2) is 0 Å². The van der Waals surface area contributed by atoms with Gasteiger partial charge in [-0.2, -0.15) is 0 Å². The van der Waals surface area contributed by atoms with E-state index in [0.29, 0.717) is 12.0 Å². The summed E-state index contributed by atoms with van der Waals surface area (Å²) in [6.45, 7) is 4.49. The van der Waals surface area contributed by atoms with E-state index in [2.05, 4.69) is 20.3 Å². The first kappa shape index (κ1) is 7.07. The van der Waals surface area contributed by atoms with Crippen LogP contribution in [0.25, 0.3) is 0 Å². The predicted molar refractivity (Wildman–Crippen MR) is 39.8 cm³/mol. The van der Waals surface area contributed by atoms with Gasteiger partial charge in [-0.25, -0.2) is 0 Å². The molecule has 1 fully saturated rings. The Hall–Kier alpha value is -0.0400. The molecule has 1 nitrogen and oxygen atoms in total. The Kier molecular flexibility index (Phi) is 2.12. The number of hydrogen-bond donors (Lipinski definition) is 1. The lowest BCUT2D eigenvalue weighted by atomic mass is 9.78. The topological polar surface area (TPSA) is 26.0 Å². The van der Waals surface area contributed by atoms with Gasteiger partial charge in [0.15, 0.2) is 0 Å². The molecule has 3 atom stereocenters. The molecule has 0 aromatic carbocycles. The highest BCUT2D eigenvalue weighted by Crippen LogP contribution is 2.26. The molecule has 0 amide bonds. The highest BCUT2D eigenvalue weighted by Gasteiger charge is 2.23. The molecule has 0 aliphatic heterocycles. The number of hydrogen-bond acceptors (Lipinski definition) is 1. The van der Waals surface area contributed by atoms with Crippen molar-refractivity contribution in [1.82, 2.24) is 0 Å². The summed E-state index contributed by atoms with van der Waals surface area (Å²) in [7, 11) is 0. The SMILES string of the molecule is C[C@@H]1[C@@H](C)[CH]CC[C@@H]1N. The quantitative estimate of drug-likeness (QED) is 0.524. The minimum absolute atomic E-state index is 0.449. The summed E-state index contributed by atoms with van der Waals surface area (Å²) in [6, 6.07) is 0.449. The van der Waals surface area contributed by atoms with Crippen LogP contribution in [0, 0.1) is 18.3 Å². The second kappa shape index (κ2) is 2.70. The van der Waals surface area contributed by atoms with Crippen molar-refractivity contribution in [3.8, 4) is 0 Å². The fourth-order valence-corrected chi connectivity index (χ4v) is 1.42. The molecule has 9 heavy (non-hydrogen) atoms. The second-order valence-electron chi connectivity index (χ2n) is 3.20. The largest absolute Gasteiger partial charge is 0.327 e. The van der Waals surface area contributed by atoms with Crippen LogP contribution in [0.5, 0.6) is 0 Å². The molecule has 1 aliphatic carbocycles. The van der Waals surface area contributed by atoms with Crippen molar-refractivity contribution < 1.29 is 0 Å². The van der Waals surface area contributed by atoms with Crippen molar-refractivity contribution in [2.75, 3.05) is 0 Å². The van der Waals surface area contributed by atoms with E-state index >= 15 is 0 Å². The number of nitrogens with two attached hydrogens (primary N) is 1. The van der Waals surface area contributed by atoms with Crippen molar-refractivity contribution in [1.29, 1.82) is 0 Å². The van der Waals surface area contributed by atoms with Crippen LogP contribution in [0.1, 0.15) is 26.7 Å². The lowest BCUT2D eigenvalue weighted by Gasteiger charge is -2.30. The minimum atomic E-state index is 0.449. The van der Waals surface area contributed by atoms with Crippen molar-refractivity contribution in [3.63, 3.8) is 0 Å². The van der Waals surface area contributed by atoms with Crippen molar-refractivity contribution >= 4 is 0 Å². The summed E-state index contributed by atoms with van der Waals surface area (Å²) in [6.07, 6.45) is 4.78. The predicted octanol–water partition coefficient (Wildman–Crippen LogP) is 1.58. The Balaban J connectivity index is 2.41. The molecule has 0 heterocycles. The molecule has 0 unspecified atom stereocenters. The maximum Gasteiger partial charge on any atom is 0.00672 e. The molecule has 1 saturated carbocycles. The van der Waals surface area contributed by atoms with Gasteiger partial charge in [-0.1, -0.05) is 13.8 Å². The standard InChI is InChI=1S/C8H16N/c1-6-4-3-5-8(9)7(6)2/h4,6-8H,3,5,9H2,1-2H3/t6-,7+,8-/m0/s1. The Morgan fingerprint density at radius 3 is 2.56 bits per heavy atom. The van der Waals surface area contributed by atoms with Gasteiger partial charge >= 0.3 is 0 Å². The van der Waals surface area contributed by atoms with Gasteiger partial charge in [0, 0.05) is 6.04 Å². The third kappa shape index (κ3) is 1.45. The molecule has 0 aromatic rings. The molecular weight excluding hydrogens is 110 g/mol. The molecule has 2 N–H and O–H groups in total. The van der Waals surface area contributed by atoms with Crippen LogP contribution >= 0.6 is 0 Å². The molecule has 0 saturated heterocycles.